The van der Waals surface area contributed by atoms with Crippen molar-refractivity contribution in [2.24, 2.45) is 0 Å². The summed E-state index contributed by atoms with van der Waals surface area (Å²) in [6.45, 7) is 1.48. The van der Waals surface area contributed by atoms with E-state index >= 15 is 4.39 Å². The molecule has 1 unspecified atom stereocenters. The Morgan fingerprint density at radius 2 is 1.93 bits per heavy atom. The molecule has 2 amide bonds. The van der Waals surface area contributed by atoms with Crippen molar-refractivity contribution in [1.29, 1.82) is 0 Å². The third-order valence-electron chi connectivity index (χ3n) is 7.81. The Morgan fingerprint density at radius 3 is 2.69 bits per heavy atom. The van der Waals surface area contributed by atoms with E-state index in [1.807, 2.05) is 0 Å². The van der Waals surface area contributed by atoms with Crippen LogP contribution in [-0.2, 0) is 28.9 Å². The summed E-state index contributed by atoms with van der Waals surface area (Å²) in [7, 11) is 1.57. The number of aryl methyl sites for hydroxylation is 1. The number of pyridine rings is 1. The molecule has 2 aliphatic heterocycles. The number of imidazole rings is 1. The van der Waals surface area contributed by atoms with Crippen LogP contribution in [0.3, 0.4) is 0 Å². The summed E-state index contributed by atoms with van der Waals surface area (Å²) in [4.78, 5) is 36.7. The summed E-state index contributed by atoms with van der Waals surface area (Å²) in [5.41, 5.74) is 2.29. The van der Waals surface area contributed by atoms with Gasteiger partial charge in [0, 0.05) is 50.7 Å². The molecule has 0 bridgehead atoms. The second-order valence-corrected chi connectivity index (χ2v) is 11.1. The van der Waals surface area contributed by atoms with Gasteiger partial charge in [-0.2, -0.15) is 0 Å². The normalized spacial score (nSPS) is 17.8. The van der Waals surface area contributed by atoms with Gasteiger partial charge in [0.2, 0.25) is 0 Å². The quantitative estimate of drug-likeness (QED) is 0.279. The standard InChI is InChI=1S/C30H33ClFN5O5/c1-40-14-15-41-19-7-8-20(21(32)16-19)27-28-22(34-25-4-2-3-12-36(25)28)11-13-37(27)26(38)17-42-24-10-9-23(35-29(24)31)30(39)33-18-5-6-18/h7-10,16,18,27H,2-6,11-15,17H2,1H3,(H,33,39). The average Bonchev–Trinajstić information content (AvgIpc) is 3.72. The first-order valence-corrected chi connectivity index (χ1v) is 14.7. The molecule has 222 valence electrons. The highest BCUT2D eigenvalue weighted by molar-refractivity contribution is 6.31. The smallest absolute Gasteiger partial charge is 0.270 e. The molecule has 1 N–H and O–H groups in total. The fourth-order valence-corrected chi connectivity index (χ4v) is 5.77. The number of nitrogens with zero attached hydrogens (tertiary/aromatic N) is 4. The van der Waals surface area contributed by atoms with Crippen LogP contribution in [0.2, 0.25) is 5.15 Å². The molecular formula is C30H33ClFN5O5. The second kappa shape index (κ2) is 12.3. The molecule has 1 saturated carbocycles. The van der Waals surface area contributed by atoms with Gasteiger partial charge >= 0.3 is 0 Å². The lowest BCUT2D eigenvalue weighted by atomic mass is 9.94. The molecule has 0 spiro atoms. The number of rotatable bonds is 10. The van der Waals surface area contributed by atoms with E-state index < -0.39 is 11.9 Å². The molecule has 1 aromatic carbocycles. The van der Waals surface area contributed by atoms with Crippen molar-refractivity contribution >= 4 is 23.4 Å². The van der Waals surface area contributed by atoms with Crippen LogP contribution >= 0.6 is 11.6 Å². The van der Waals surface area contributed by atoms with Crippen LogP contribution in [0.15, 0.2) is 30.3 Å². The third kappa shape index (κ3) is 5.94. The van der Waals surface area contributed by atoms with E-state index in [1.165, 1.54) is 18.2 Å². The van der Waals surface area contributed by atoms with Crippen molar-refractivity contribution in [2.75, 3.05) is 33.5 Å². The Balaban J connectivity index is 1.24. The molecule has 6 rings (SSSR count). The minimum Gasteiger partial charge on any atom is -0.491 e. The Morgan fingerprint density at radius 1 is 1.07 bits per heavy atom. The maximum Gasteiger partial charge on any atom is 0.270 e. The number of fused-ring (bicyclic) bond motifs is 3. The molecule has 10 nitrogen and oxygen atoms in total. The van der Waals surface area contributed by atoms with E-state index in [-0.39, 0.29) is 41.1 Å². The lowest BCUT2D eigenvalue weighted by molar-refractivity contribution is -0.135. The van der Waals surface area contributed by atoms with Crippen LogP contribution in [0.25, 0.3) is 0 Å². The largest absolute Gasteiger partial charge is 0.491 e. The number of carbonyl (C=O) groups is 2. The van der Waals surface area contributed by atoms with Crippen LogP contribution in [0.1, 0.15) is 65.0 Å². The summed E-state index contributed by atoms with van der Waals surface area (Å²) >= 11 is 6.31. The van der Waals surface area contributed by atoms with Crippen LogP contribution in [0.4, 0.5) is 4.39 Å². The molecule has 1 aliphatic carbocycles. The second-order valence-electron chi connectivity index (χ2n) is 10.8. The fraction of sp³-hybridized carbons (Fsp3) is 0.467. The number of aromatic nitrogens is 3. The lowest BCUT2D eigenvalue weighted by Crippen LogP contribution is -2.44. The van der Waals surface area contributed by atoms with Gasteiger partial charge in [0.25, 0.3) is 11.8 Å². The minimum atomic E-state index is -0.681. The number of amides is 2. The van der Waals surface area contributed by atoms with Crippen molar-refractivity contribution in [3.63, 3.8) is 0 Å². The van der Waals surface area contributed by atoms with Crippen LogP contribution in [0, 0.1) is 5.82 Å². The topological polar surface area (TPSA) is 108 Å². The first kappa shape index (κ1) is 28.4. The zero-order valence-electron chi connectivity index (χ0n) is 23.4. The predicted octanol–water partition coefficient (Wildman–Crippen LogP) is 3.88. The van der Waals surface area contributed by atoms with Gasteiger partial charge in [-0.25, -0.2) is 14.4 Å². The van der Waals surface area contributed by atoms with Gasteiger partial charge in [-0.1, -0.05) is 11.6 Å². The summed E-state index contributed by atoms with van der Waals surface area (Å²) in [6, 6.07) is 7.29. The number of methoxy groups -OCH3 is 1. The van der Waals surface area contributed by atoms with E-state index in [9.17, 15) is 9.59 Å². The maximum atomic E-state index is 15.7. The van der Waals surface area contributed by atoms with E-state index in [0.29, 0.717) is 37.5 Å². The number of ether oxygens (including phenoxy) is 3. The number of hydrogen-bond donors (Lipinski definition) is 1. The van der Waals surface area contributed by atoms with E-state index in [0.717, 1.165) is 55.9 Å². The molecule has 2 aromatic heterocycles. The van der Waals surface area contributed by atoms with Crippen LogP contribution in [0.5, 0.6) is 11.5 Å². The number of halogens is 2. The molecule has 4 heterocycles. The minimum absolute atomic E-state index is 0.0105. The highest BCUT2D eigenvalue weighted by Gasteiger charge is 2.39. The zero-order chi connectivity index (χ0) is 29.2. The number of benzene rings is 1. The highest BCUT2D eigenvalue weighted by atomic mass is 35.5. The molecule has 3 aliphatic rings. The zero-order valence-corrected chi connectivity index (χ0v) is 24.2. The van der Waals surface area contributed by atoms with Crippen LogP contribution in [-0.4, -0.2) is 70.8 Å². The van der Waals surface area contributed by atoms with Gasteiger partial charge in [-0.3, -0.25) is 9.59 Å². The monoisotopic (exact) mass is 597 g/mol. The van der Waals surface area contributed by atoms with E-state index in [2.05, 4.69) is 14.9 Å². The third-order valence-corrected chi connectivity index (χ3v) is 8.08. The van der Waals surface area contributed by atoms with Gasteiger partial charge in [-0.15, -0.1) is 0 Å². The van der Waals surface area contributed by atoms with Gasteiger partial charge in [0.05, 0.1) is 18.0 Å². The predicted molar refractivity (Wildman–Crippen MR) is 151 cm³/mol. The molecular weight excluding hydrogens is 565 g/mol. The van der Waals surface area contributed by atoms with Crippen molar-refractivity contribution < 1.29 is 28.2 Å². The fourth-order valence-electron chi connectivity index (χ4n) is 5.57. The molecule has 12 heteroatoms. The van der Waals surface area contributed by atoms with Crippen molar-refractivity contribution in [1.82, 2.24) is 24.8 Å². The Labute approximate surface area is 248 Å². The number of nitrogens with one attached hydrogen (secondary N) is 1. The van der Waals surface area contributed by atoms with Crippen molar-refractivity contribution in [3.05, 3.63) is 69.8 Å². The van der Waals surface area contributed by atoms with Crippen molar-refractivity contribution in [3.8, 4) is 11.5 Å². The van der Waals surface area contributed by atoms with E-state index in [4.69, 9.17) is 30.8 Å². The molecule has 0 radical (unpaired) electrons. The highest BCUT2D eigenvalue weighted by Crippen LogP contribution is 2.39. The first-order valence-electron chi connectivity index (χ1n) is 14.3. The summed E-state index contributed by atoms with van der Waals surface area (Å²) in [6.07, 6.45) is 5.37. The summed E-state index contributed by atoms with van der Waals surface area (Å²) in [5, 5.41) is 2.86. The molecule has 42 heavy (non-hydrogen) atoms. The lowest BCUT2D eigenvalue weighted by Gasteiger charge is -2.37. The average molecular weight is 598 g/mol. The molecule has 1 atom stereocenters. The Hall–Kier alpha value is -3.70. The molecule has 3 aromatic rings. The molecule has 1 fully saturated rings. The van der Waals surface area contributed by atoms with E-state index in [1.54, 1.807) is 24.1 Å². The number of hydrogen-bond acceptors (Lipinski definition) is 7. The summed E-state index contributed by atoms with van der Waals surface area (Å²) in [5.74, 6) is 0.453. The maximum absolute atomic E-state index is 15.7. The summed E-state index contributed by atoms with van der Waals surface area (Å²) < 4.78 is 34.3. The van der Waals surface area contributed by atoms with Crippen molar-refractivity contribution in [2.45, 2.75) is 57.2 Å². The van der Waals surface area contributed by atoms with Gasteiger partial charge in [0.15, 0.2) is 17.5 Å². The number of carbonyl (C=O) groups excluding carboxylic acids is 2. The van der Waals surface area contributed by atoms with Gasteiger partial charge in [-0.05, 0) is 49.9 Å². The SMILES string of the molecule is COCCOc1ccc(C2c3c(nc4n3CCCC4)CCN2C(=O)COc2ccc(C(=O)NC3CC3)nc2Cl)c(F)c1. The van der Waals surface area contributed by atoms with Crippen LogP contribution < -0.4 is 14.8 Å². The Kier molecular flexibility index (Phi) is 8.30. The van der Waals surface area contributed by atoms with Gasteiger partial charge < -0.3 is 29.0 Å². The molecule has 0 saturated heterocycles. The Bertz CT molecular complexity index is 1490. The van der Waals surface area contributed by atoms with Gasteiger partial charge in [0.1, 0.15) is 35.7 Å². The first-order chi connectivity index (χ1) is 20.4.